The van der Waals surface area contributed by atoms with E-state index in [0.29, 0.717) is 12.1 Å². The van der Waals surface area contributed by atoms with Crippen molar-refractivity contribution < 1.29 is 9.18 Å². The van der Waals surface area contributed by atoms with E-state index in [-0.39, 0.29) is 18.1 Å². The number of amides is 1. The number of carbonyl (C=O) groups excluding carboxylic acids is 1. The normalized spacial score (nSPS) is 10.7. The van der Waals surface area contributed by atoms with Crippen LogP contribution in [-0.2, 0) is 24.7 Å². The molecule has 0 aliphatic heterocycles. The van der Waals surface area contributed by atoms with Crippen molar-refractivity contribution in [3.8, 4) is 0 Å². The second-order valence-corrected chi connectivity index (χ2v) is 5.14. The summed E-state index contributed by atoms with van der Waals surface area (Å²) in [6.45, 7) is 4.50. The minimum atomic E-state index is -0.341. The third-order valence-electron chi connectivity index (χ3n) is 3.66. The van der Waals surface area contributed by atoms with Gasteiger partial charge in [0.2, 0.25) is 5.91 Å². The first-order valence-electron chi connectivity index (χ1n) is 6.98. The van der Waals surface area contributed by atoms with Crippen molar-refractivity contribution in [2.75, 3.05) is 6.54 Å². The van der Waals surface area contributed by atoms with Gasteiger partial charge in [0.25, 0.3) is 0 Å². The average Bonchev–Trinajstić information content (AvgIpc) is 2.68. The minimum absolute atomic E-state index is 0.0671. The number of rotatable bonds is 5. The van der Waals surface area contributed by atoms with Crippen LogP contribution in [0.2, 0.25) is 0 Å². The average molecular weight is 289 g/mol. The number of hydrogen-bond donors (Lipinski definition) is 1. The molecule has 0 spiro atoms. The Morgan fingerprint density at radius 3 is 2.67 bits per heavy atom. The molecule has 0 radical (unpaired) electrons. The van der Waals surface area contributed by atoms with Crippen LogP contribution in [0, 0.1) is 19.7 Å². The van der Waals surface area contributed by atoms with Gasteiger partial charge in [-0.1, -0.05) is 18.2 Å². The van der Waals surface area contributed by atoms with Crippen LogP contribution < -0.4 is 5.32 Å². The molecule has 1 amide bonds. The Morgan fingerprint density at radius 2 is 2.05 bits per heavy atom. The van der Waals surface area contributed by atoms with E-state index in [9.17, 15) is 9.18 Å². The number of nitrogens with one attached hydrogen (secondary N) is 1. The minimum Gasteiger partial charge on any atom is -0.355 e. The quantitative estimate of drug-likeness (QED) is 0.916. The highest BCUT2D eigenvalue weighted by Gasteiger charge is 2.10. The molecule has 1 aromatic heterocycles. The van der Waals surface area contributed by atoms with Crippen LogP contribution in [0.4, 0.5) is 4.39 Å². The van der Waals surface area contributed by atoms with Crippen LogP contribution in [-0.4, -0.2) is 22.2 Å². The van der Waals surface area contributed by atoms with Crippen LogP contribution in [0.25, 0.3) is 0 Å². The summed E-state index contributed by atoms with van der Waals surface area (Å²) < 4.78 is 15.3. The van der Waals surface area contributed by atoms with E-state index >= 15 is 0 Å². The largest absolute Gasteiger partial charge is 0.355 e. The molecule has 0 fully saturated rings. The molecule has 2 rings (SSSR count). The van der Waals surface area contributed by atoms with Crippen LogP contribution in [0.3, 0.4) is 0 Å². The lowest BCUT2D eigenvalue weighted by atomic mass is 10.1. The molecule has 21 heavy (non-hydrogen) atoms. The zero-order valence-corrected chi connectivity index (χ0v) is 12.6. The van der Waals surface area contributed by atoms with Crippen molar-refractivity contribution in [1.29, 1.82) is 0 Å². The molecule has 0 saturated heterocycles. The molecular formula is C16H20FN3O. The Labute approximate surface area is 124 Å². The predicted octanol–water partition coefficient (Wildman–Crippen LogP) is 2.08. The molecule has 112 valence electrons. The summed E-state index contributed by atoms with van der Waals surface area (Å²) >= 11 is 0. The van der Waals surface area contributed by atoms with Crippen molar-refractivity contribution >= 4 is 5.91 Å². The molecule has 4 nitrogen and oxygen atoms in total. The molecule has 1 N–H and O–H groups in total. The van der Waals surface area contributed by atoms with Gasteiger partial charge >= 0.3 is 0 Å². The molecule has 2 aromatic rings. The zero-order chi connectivity index (χ0) is 15.4. The predicted molar refractivity (Wildman–Crippen MR) is 79.5 cm³/mol. The standard InChI is InChI=1S/C16H20FN3O/c1-11-14(12(2)20(3)19-11)8-9-18-16(21)10-13-6-4-5-7-15(13)17/h4-7H,8-10H2,1-3H3,(H,18,21). The number of nitrogens with zero attached hydrogens (tertiary/aromatic N) is 2. The monoisotopic (exact) mass is 289 g/mol. The third kappa shape index (κ3) is 3.68. The molecule has 0 atom stereocenters. The smallest absolute Gasteiger partial charge is 0.224 e. The Balaban J connectivity index is 1.86. The molecule has 0 aliphatic rings. The van der Waals surface area contributed by atoms with Crippen LogP contribution in [0.15, 0.2) is 24.3 Å². The summed E-state index contributed by atoms with van der Waals surface area (Å²) in [6.07, 6.45) is 0.798. The maximum absolute atomic E-state index is 13.5. The highest BCUT2D eigenvalue weighted by molar-refractivity contribution is 5.78. The second kappa shape index (κ2) is 6.52. The fraction of sp³-hybridized carbons (Fsp3) is 0.375. The van der Waals surface area contributed by atoms with E-state index in [0.717, 1.165) is 23.4 Å². The van der Waals surface area contributed by atoms with E-state index in [1.807, 2.05) is 25.6 Å². The van der Waals surface area contributed by atoms with Gasteiger partial charge in [-0.25, -0.2) is 4.39 Å². The highest BCUT2D eigenvalue weighted by Crippen LogP contribution is 2.12. The fourth-order valence-corrected chi connectivity index (χ4v) is 2.38. The van der Waals surface area contributed by atoms with Gasteiger partial charge in [-0.3, -0.25) is 9.48 Å². The van der Waals surface area contributed by atoms with E-state index in [4.69, 9.17) is 0 Å². The summed E-state index contributed by atoms with van der Waals surface area (Å²) in [5.41, 5.74) is 3.67. The number of benzene rings is 1. The Morgan fingerprint density at radius 1 is 1.33 bits per heavy atom. The maximum Gasteiger partial charge on any atom is 0.224 e. The van der Waals surface area contributed by atoms with Crippen molar-refractivity contribution in [3.63, 3.8) is 0 Å². The molecule has 1 heterocycles. The molecule has 0 bridgehead atoms. The zero-order valence-electron chi connectivity index (χ0n) is 12.6. The maximum atomic E-state index is 13.5. The lowest BCUT2D eigenvalue weighted by molar-refractivity contribution is -0.120. The Kier molecular flexibility index (Phi) is 4.73. The van der Waals surface area contributed by atoms with E-state index in [1.54, 1.807) is 18.2 Å². The third-order valence-corrected chi connectivity index (χ3v) is 3.66. The van der Waals surface area contributed by atoms with Crippen molar-refractivity contribution in [3.05, 3.63) is 52.6 Å². The van der Waals surface area contributed by atoms with Gasteiger partial charge in [-0.05, 0) is 37.5 Å². The highest BCUT2D eigenvalue weighted by atomic mass is 19.1. The summed E-state index contributed by atoms with van der Waals surface area (Å²) in [7, 11) is 1.91. The van der Waals surface area contributed by atoms with Gasteiger partial charge in [-0.2, -0.15) is 5.10 Å². The van der Waals surface area contributed by atoms with Crippen molar-refractivity contribution in [1.82, 2.24) is 15.1 Å². The van der Waals surface area contributed by atoms with E-state index < -0.39 is 0 Å². The summed E-state index contributed by atoms with van der Waals surface area (Å²) in [5.74, 6) is -0.508. The van der Waals surface area contributed by atoms with Gasteiger partial charge in [0.15, 0.2) is 0 Å². The van der Waals surface area contributed by atoms with Gasteiger partial charge in [0, 0.05) is 19.3 Å². The Hall–Kier alpha value is -2.17. The van der Waals surface area contributed by atoms with Gasteiger partial charge in [-0.15, -0.1) is 0 Å². The summed E-state index contributed by atoms with van der Waals surface area (Å²) in [4.78, 5) is 11.8. The number of aryl methyl sites for hydroxylation is 2. The topological polar surface area (TPSA) is 46.9 Å². The summed E-state index contributed by atoms with van der Waals surface area (Å²) in [5, 5.41) is 7.17. The second-order valence-electron chi connectivity index (χ2n) is 5.14. The lowest BCUT2D eigenvalue weighted by Gasteiger charge is -2.06. The molecular weight excluding hydrogens is 269 g/mol. The van der Waals surface area contributed by atoms with Crippen molar-refractivity contribution in [2.45, 2.75) is 26.7 Å². The fourth-order valence-electron chi connectivity index (χ4n) is 2.38. The first-order chi connectivity index (χ1) is 9.99. The molecule has 5 heteroatoms. The first-order valence-corrected chi connectivity index (χ1v) is 6.98. The number of carbonyl (C=O) groups is 1. The van der Waals surface area contributed by atoms with Crippen LogP contribution in [0.1, 0.15) is 22.5 Å². The molecule has 0 aliphatic carbocycles. The van der Waals surface area contributed by atoms with Gasteiger partial charge in [0.1, 0.15) is 5.82 Å². The van der Waals surface area contributed by atoms with Crippen molar-refractivity contribution in [2.24, 2.45) is 7.05 Å². The van der Waals surface area contributed by atoms with Gasteiger partial charge in [0.05, 0.1) is 12.1 Å². The van der Waals surface area contributed by atoms with E-state index in [1.165, 1.54) is 6.07 Å². The molecule has 0 unspecified atom stereocenters. The number of aromatic nitrogens is 2. The Bertz CT molecular complexity index is 649. The molecule has 1 aromatic carbocycles. The van der Waals surface area contributed by atoms with Crippen LogP contribution >= 0.6 is 0 Å². The SMILES string of the molecule is Cc1nn(C)c(C)c1CCNC(=O)Cc1ccccc1F. The number of hydrogen-bond acceptors (Lipinski definition) is 2. The summed E-state index contributed by atoms with van der Waals surface area (Å²) in [6, 6.07) is 6.34. The van der Waals surface area contributed by atoms with Gasteiger partial charge < -0.3 is 5.32 Å². The molecule has 0 saturated carbocycles. The first kappa shape index (κ1) is 15.2. The van der Waals surface area contributed by atoms with Crippen LogP contribution in [0.5, 0.6) is 0 Å². The van der Waals surface area contributed by atoms with E-state index in [2.05, 4.69) is 10.4 Å². The number of halogens is 1. The lowest BCUT2D eigenvalue weighted by Crippen LogP contribution is -2.27.